The van der Waals surface area contributed by atoms with Crippen molar-refractivity contribution in [2.75, 3.05) is 5.32 Å². The molecule has 0 spiro atoms. The van der Waals surface area contributed by atoms with Gasteiger partial charge in [0.2, 0.25) is 0 Å². The summed E-state index contributed by atoms with van der Waals surface area (Å²) in [6.07, 6.45) is 3.38. The molecule has 8 heteroatoms. The molecule has 2 aromatic heterocycles. The number of aromatic amines is 1. The summed E-state index contributed by atoms with van der Waals surface area (Å²) in [6.45, 7) is 1.90. The fourth-order valence-electron chi connectivity index (χ4n) is 1.86. The molecule has 3 rings (SSSR count). The molecule has 0 aliphatic carbocycles. The normalized spacial score (nSPS) is 12.4. The molecule has 8 nitrogen and oxygen atoms in total. The van der Waals surface area contributed by atoms with E-state index in [2.05, 4.69) is 20.3 Å². The number of benzene rings is 1. The molecular formula is C12H11N5O3. The first-order valence-corrected chi connectivity index (χ1v) is 5.94. The lowest BCUT2D eigenvalue weighted by Gasteiger charge is -2.08. The molecule has 0 aliphatic heterocycles. The summed E-state index contributed by atoms with van der Waals surface area (Å²) in [6, 6.07) is 4.48. The van der Waals surface area contributed by atoms with Gasteiger partial charge in [0.15, 0.2) is 5.58 Å². The second-order valence-electron chi connectivity index (χ2n) is 4.27. The summed E-state index contributed by atoms with van der Waals surface area (Å²) in [5.74, 6) is 0.748. The van der Waals surface area contributed by atoms with Gasteiger partial charge in [-0.05, 0) is 13.0 Å². The SMILES string of the molecule is CC(Nc1nc2ccc([N+](=O)[O-])cc2o1)c1ncc[nH]1. The topological polar surface area (TPSA) is 110 Å². The van der Waals surface area contributed by atoms with E-state index in [1.54, 1.807) is 18.5 Å². The predicted molar refractivity (Wildman–Crippen MR) is 71.3 cm³/mol. The molecule has 1 aromatic carbocycles. The van der Waals surface area contributed by atoms with Crippen LogP contribution in [0.15, 0.2) is 35.0 Å². The number of H-pyrrole nitrogens is 1. The zero-order valence-corrected chi connectivity index (χ0v) is 10.5. The third-order valence-corrected chi connectivity index (χ3v) is 2.85. The van der Waals surface area contributed by atoms with Crippen molar-refractivity contribution in [3.05, 3.63) is 46.5 Å². The molecule has 1 unspecified atom stereocenters. The monoisotopic (exact) mass is 273 g/mol. The standard InChI is InChI=1S/C12H11N5O3/c1-7(11-13-4-5-14-11)15-12-16-9-3-2-8(17(18)19)6-10(9)20-12/h2-7H,1H3,(H,13,14)(H,15,16). The molecule has 3 aromatic rings. The number of aromatic nitrogens is 3. The molecule has 0 aliphatic rings. The van der Waals surface area contributed by atoms with Crippen LogP contribution < -0.4 is 5.32 Å². The summed E-state index contributed by atoms with van der Waals surface area (Å²) < 4.78 is 5.46. The highest BCUT2D eigenvalue weighted by molar-refractivity contribution is 5.77. The Morgan fingerprint density at radius 3 is 3.05 bits per heavy atom. The maximum atomic E-state index is 10.7. The van der Waals surface area contributed by atoms with Crippen molar-refractivity contribution in [3.63, 3.8) is 0 Å². The molecule has 0 saturated heterocycles. The Kier molecular flexibility index (Phi) is 2.82. The molecule has 102 valence electrons. The van der Waals surface area contributed by atoms with Gasteiger partial charge in [-0.25, -0.2) is 4.98 Å². The van der Waals surface area contributed by atoms with Crippen LogP contribution >= 0.6 is 0 Å². The number of nitro groups is 1. The van der Waals surface area contributed by atoms with Crippen LogP contribution in [-0.4, -0.2) is 19.9 Å². The fourth-order valence-corrected chi connectivity index (χ4v) is 1.86. The van der Waals surface area contributed by atoms with Gasteiger partial charge in [-0.15, -0.1) is 0 Å². The van der Waals surface area contributed by atoms with Gasteiger partial charge >= 0.3 is 0 Å². The van der Waals surface area contributed by atoms with Crippen molar-refractivity contribution in [2.45, 2.75) is 13.0 Å². The van der Waals surface area contributed by atoms with Crippen LogP contribution in [0.3, 0.4) is 0 Å². The second kappa shape index (κ2) is 4.65. The van der Waals surface area contributed by atoms with E-state index < -0.39 is 4.92 Å². The van der Waals surface area contributed by atoms with Crippen LogP contribution in [0.4, 0.5) is 11.7 Å². The van der Waals surface area contributed by atoms with Crippen LogP contribution in [0.1, 0.15) is 18.8 Å². The summed E-state index contributed by atoms with van der Waals surface area (Å²) in [7, 11) is 0. The lowest BCUT2D eigenvalue weighted by atomic mass is 10.3. The number of imidazole rings is 1. The van der Waals surface area contributed by atoms with Crippen molar-refractivity contribution in [3.8, 4) is 0 Å². The van der Waals surface area contributed by atoms with E-state index >= 15 is 0 Å². The van der Waals surface area contributed by atoms with Crippen molar-refractivity contribution in [2.24, 2.45) is 0 Å². The molecule has 0 saturated carbocycles. The minimum absolute atomic E-state index is 0.0284. The van der Waals surface area contributed by atoms with Crippen LogP contribution in [0.2, 0.25) is 0 Å². The van der Waals surface area contributed by atoms with E-state index in [1.807, 2.05) is 6.92 Å². The molecule has 0 amide bonds. The molecular weight excluding hydrogens is 262 g/mol. The predicted octanol–water partition coefficient (Wildman–Crippen LogP) is 2.63. The van der Waals surface area contributed by atoms with Crippen molar-refractivity contribution >= 4 is 22.8 Å². The molecule has 0 radical (unpaired) electrons. The second-order valence-corrected chi connectivity index (χ2v) is 4.27. The largest absolute Gasteiger partial charge is 0.423 e. The van der Waals surface area contributed by atoms with Crippen LogP contribution in [0, 0.1) is 10.1 Å². The number of nitro benzene ring substituents is 1. The molecule has 1 atom stereocenters. The number of non-ortho nitro benzene ring substituents is 1. The minimum atomic E-state index is -0.472. The maximum absolute atomic E-state index is 10.7. The number of fused-ring (bicyclic) bond motifs is 1. The first-order chi connectivity index (χ1) is 9.63. The van der Waals surface area contributed by atoms with E-state index in [0.29, 0.717) is 17.1 Å². The Morgan fingerprint density at radius 2 is 2.35 bits per heavy atom. The number of rotatable bonds is 4. The Bertz CT molecular complexity index is 750. The van der Waals surface area contributed by atoms with Gasteiger partial charge < -0.3 is 14.7 Å². The first-order valence-electron chi connectivity index (χ1n) is 5.94. The molecule has 20 heavy (non-hydrogen) atoms. The highest BCUT2D eigenvalue weighted by Gasteiger charge is 2.14. The van der Waals surface area contributed by atoms with Gasteiger partial charge in [0.25, 0.3) is 11.7 Å². The van der Waals surface area contributed by atoms with Crippen LogP contribution in [-0.2, 0) is 0 Å². The molecule has 2 N–H and O–H groups in total. The zero-order valence-electron chi connectivity index (χ0n) is 10.5. The average Bonchev–Trinajstić information content (AvgIpc) is 3.06. The summed E-state index contributed by atoms with van der Waals surface area (Å²) in [5, 5.41) is 13.7. The first kappa shape index (κ1) is 12.2. The Labute approximate surface area is 113 Å². The third-order valence-electron chi connectivity index (χ3n) is 2.85. The number of anilines is 1. The van der Waals surface area contributed by atoms with Gasteiger partial charge in [-0.3, -0.25) is 10.1 Å². The van der Waals surface area contributed by atoms with E-state index in [-0.39, 0.29) is 11.7 Å². The third kappa shape index (κ3) is 2.18. The number of nitrogens with zero attached hydrogens (tertiary/aromatic N) is 3. The van der Waals surface area contributed by atoms with E-state index in [1.165, 1.54) is 12.1 Å². The quantitative estimate of drug-likeness (QED) is 0.558. The summed E-state index contributed by atoms with van der Waals surface area (Å²) in [4.78, 5) is 21.6. The Balaban J connectivity index is 1.87. The Hall–Kier alpha value is -2.90. The van der Waals surface area contributed by atoms with Crippen molar-refractivity contribution in [1.82, 2.24) is 15.0 Å². The van der Waals surface area contributed by atoms with Gasteiger partial charge in [-0.1, -0.05) is 0 Å². The highest BCUT2D eigenvalue weighted by atomic mass is 16.6. The van der Waals surface area contributed by atoms with Crippen molar-refractivity contribution < 1.29 is 9.34 Å². The minimum Gasteiger partial charge on any atom is -0.423 e. The van der Waals surface area contributed by atoms with Gasteiger partial charge in [0.1, 0.15) is 11.3 Å². The smallest absolute Gasteiger partial charge is 0.296 e. The summed E-state index contributed by atoms with van der Waals surface area (Å²) in [5.41, 5.74) is 0.900. The number of oxazole rings is 1. The van der Waals surface area contributed by atoms with E-state index in [4.69, 9.17) is 4.42 Å². The summed E-state index contributed by atoms with van der Waals surface area (Å²) >= 11 is 0. The molecule has 2 heterocycles. The highest BCUT2D eigenvalue weighted by Crippen LogP contribution is 2.25. The van der Waals surface area contributed by atoms with Gasteiger partial charge in [0.05, 0.1) is 17.0 Å². The van der Waals surface area contributed by atoms with E-state index in [0.717, 1.165) is 5.82 Å². The Morgan fingerprint density at radius 1 is 1.50 bits per heavy atom. The fraction of sp³-hybridized carbons (Fsp3) is 0.167. The van der Waals surface area contributed by atoms with Gasteiger partial charge in [-0.2, -0.15) is 4.98 Å². The molecule has 0 bridgehead atoms. The molecule has 0 fully saturated rings. The number of nitrogens with one attached hydrogen (secondary N) is 2. The van der Waals surface area contributed by atoms with Crippen LogP contribution in [0.25, 0.3) is 11.1 Å². The average molecular weight is 273 g/mol. The number of hydrogen-bond acceptors (Lipinski definition) is 6. The lowest BCUT2D eigenvalue weighted by Crippen LogP contribution is -2.08. The van der Waals surface area contributed by atoms with Crippen molar-refractivity contribution in [1.29, 1.82) is 0 Å². The number of hydrogen-bond donors (Lipinski definition) is 2. The van der Waals surface area contributed by atoms with E-state index in [9.17, 15) is 10.1 Å². The maximum Gasteiger partial charge on any atom is 0.296 e. The lowest BCUT2D eigenvalue weighted by molar-refractivity contribution is -0.384. The zero-order chi connectivity index (χ0) is 14.1. The van der Waals surface area contributed by atoms with Crippen LogP contribution in [0.5, 0.6) is 0 Å². The van der Waals surface area contributed by atoms with Gasteiger partial charge in [0, 0.05) is 18.5 Å².